The van der Waals surface area contributed by atoms with Crippen molar-refractivity contribution in [3.63, 3.8) is 0 Å². The lowest BCUT2D eigenvalue weighted by Crippen LogP contribution is -2.51. The lowest BCUT2D eigenvalue weighted by atomic mass is 10.2. The minimum absolute atomic E-state index is 0.0703. The normalized spacial score (nSPS) is 21.1. The van der Waals surface area contributed by atoms with E-state index >= 15 is 0 Å². The van der Waals surface area contributed by atoms with Crippen LogP contribution in [0.15, 0.2) is 42.6 Å². The van der Waals surface area contributed by atoms with E-state index < -0.39 is 0 Å². The molecule has 0 aliphatic carbocycles. The minimum atomic E-state index is -0.0703. The molecule has 2 atom stereocenters. The molecule has 2 aromatic rings. The summed E-state index contributed by atoms with van der Waals surface area (Å²) in [5.41, 5.74) is 1.22. The summed E-state index contributed by atoms with van der Waals surface area (Å²) in [5.74, 6) is 1.03. The standard InChI is InChI=1S/C19H19N5O2/c20-11-14-1-4-17(5-2-14)26-18-6-3-15(12-21-18)22-19(25)24-10-9-23-8-7-16(24)13-23/h1-6,12,16H,7-10,13H2,(H,22,25). The molecule has 4 rings (SSSR count). The Labute approximate surface area is 151 Å². The van der Waals surface area contributed by atoms with Gasteiger partial charge >= 0.3 is 6.03 Å². The minimum Gasteiger partial charge on any atom is -0.439 e. The topological polar surface area (TPSA) is 81.5 Å². The van der Waals surface area contributed by atoms with E-state index in [0.29, 0.717) is 28.9 Å². The van der Waals surface area contributed by atoms with Crippen LogP contribution < -0.4 is 10.1 Å². The number of hydrogen-bond donors (Lipinski definition) is 1. The van der Waals surface area contributed by atoms with Gasteiger partial charge in [0, 0.05) is 38.3 Å². The molecule has 1 aromatic heterocycles. The quantitative estimate of drug-likeness (QED) is 0.921. The van der Waals surface area contributed by atoms with Gasteiger partial charge in [-0.05, 0) is 36.8 Å². The Morgan fingerprint density at radius 1 is 1.19 bits per heavy atom. The maximum absolute atomic E-state index is 12.5. The Kier molecular flexibility index (Phi) is 4.42. The number of nitriles is 1. The molecule has 3 heterocycles. The Morgan fingerprint density at radius 2 is 2.04 bits per heavy atom. The largest absolute Gasteiger partial charge is 0.439 e. The molecular weight excluding hydrogens is 330 g/mol. The van der Waals surface area contributed by atoms with Gasteiger partial charge in [-0.3, -0.25) is 4.90 Å². The first kappa shape index (κ1) is 16.4. The molecule has 0 saturated carbocycles. The highest BCUT2D eigenvalue weighted by Crippen LogP contribution is 2.23. The van der Waals surface area contributed by atoms with E-state index in [1.807, 2.05) is 4.90 Å². The summed E-state index contributed by atoms with van der Waals surface area (Å²) >= 11 is 0. The Balaban J connectivity index is 1.36. The highest BCUT2D eigenvalue weighted by atomic mass is 16.5. The summed E-state index contributed by atoms with van der Waals surface area (Å²) in [7, 11) is 0. The zero-order valence-electron chi connectivity index (χ0n) is 14.3. The summed E-state index contributed by atoms with van der Waals surface area (Å²) in [5, 5.41) is 11.7. The van der Waals surface area contributed by atoms with Crippen molar-refractivity contribution in [1.82, 2.24) is 14.8 Å². The first-order valence-corrected chi connectivity index (χ1v) is 8.65. The van der Waals surface area contributed by atoms with E-state index in [0.717, 1.165) is 32.6 Å². The molecule has 132 valence electrons. The Bertz CT molecular complexity index is 829. The molecule has 7 nitrogen and oxygen atoms in total. The molecule has 2 saturated heterocycles. The molecule has 1 aromatic carbocycles. The summed E-state index contributed by atoms with van der Waals surface area (Å²) in [6.07, 6.45) is 2.63. The molecule has 2 unspecified atom stereocenters. The number of aromatic nitrogens is 1. The maximum Gasteiger partial charge on any atom is 0.322 e. The van der Waals surface area contributed by atoms with Crippen molar-refractivity contribution >= 4 is 11.7 Å². The average Bonchev–Trinajstić information content (AvgIpc) is 3.04. The fourth-order valence-electron chi connectivity index (χ4n) is 3.40. The summed E-state index contributed by atoms with van der Waals surface area (Å²) in [6, 6.07) is 12.6. The number of nitrogens with one attached hydrogen (secondary N) is 1. The van der Waals surface area contributed by atoms with Gasteiger partial charge in [-0.15, -0.1) is 0 Å². The van der Waals surface area contributed by atoms with Crippen molar-refractivity contribution in [3.8, 4) is 17.7 Å². The first-order chi connectivity index (χ1) is 12.7. The van der Waals surface area contributed by atoms with Gasteiger partial charge in [0.15, 0.2) is 0 Å². The third-order valence-electron chi connectivity index (χ3n) is 4.80. The van der Waals surface area contributed by atoms with E-state index in [-0.39, 0.29) is 6.03 Å². The number of benzene rings is 1. The molecular formula is C19H19N5O2. The van der Waals surface area contributed by atoms with Crippen molar-refractivity contribution in [3.05, 3.63) is 48.2 Å². The van der Waals surface area contributed by atoms with Crippen molar-refractivity contribution in [2.45, 2.75) is 12.5 Å². The molecule has 7 heteroatoms. The summed E-state index contributed by atoms with van der Waals surface area (Å²) < 4.78 is 5.64. The third kappa shape index (κ3) is 3.46. The number of urea groups is 1. The lowest BCUT2D eigenvalue weighted by molar-refractivity contribution is 0.153. The lowest BCUT2D eigenvalue weighted by Gasteiger charge is -2.34. The number of anilines is 1. The van der Waals surface area contributed by atoms with E-state index in [1.54, 1.807) is 42.6 Å². The van der Waals surface area contributed by atoms with Crippen LogP contribution in [0.25, 0.3) is 0 Å². The number of rotatable bonds is 3. The molecule has 0 radical (unpaired) electrons. The zero-order chi connectivity index (χ0) is 17.9. The fourth-order valence-corrected chi connectivity index (χ4v) is 3.40. The molecule has 26 heavy (non-hydrogen) atoms. The van der Waals surface area contributed by atoms with Crippen molar-refractivity contribution in [2.75, 3.05) is 31.5 Å². The van der Waals surface area contributed by atoms with Crippen LogP contribution in [0.3, 0.4) is 0 Å². The number of carbonyl (C=O) groups excluding carboxylic acids is 1. The smallest absolute Gasteiger partial charge is 0.322 e. The van der Waals surface area contributed by atoms with E-state index in [4.69, 9.17) is 10.00 Å². The maximum atomic E-state index is 12.5. The molecule has 2 fully saturated rings. The molecule has 2 aliphatic rings. The van der Waals surface area contributed by atoms with Crippen LogP contribution in [-0.2, 0) is 0 Å². The van der Waals surface area contributed by atoms with Gasteiger partial charge < -0.3 is 15.0 Å². The van der Waals surface area contributed by atoms with Crippen LogP contribution in [0.2, 0.25) is 0 Å². The Hall–Kier alpha value is -3.11. The summed E-state index contributed by atoms with van der Waals surface area (Å²) in [6.45, 7) is 3.77. The van der Waals surface area contributed by atoms with Crippen molar-refractivity contribution in [1.29, 1.82) is 5.26 Å². The predicted molar refractivity (Wildman–Crippen MR) is 96.0 cm³/mol. The molecule has 1 N–H and O–H groups in total. The van der Waals surface area contributed by atoms with Gasteiger partial charge in [0.2, 0.25) is 5.88 Å². The number of hydrogen-bond acceptors (Lipinski definition) is 5. The third-order valence-corrected chi connectivity index (χ3v) is 4.80. The van der Waals surface area contributed by atoms with Crippen LogP contribution in [0.5, 0.6) is 11.6 Å². The van der Waals surface area contributed by atoms with Crippen LogP contribution in [0, 0.1) is 11.3 Å². The number of amides is 2. The monoisotopic (exact) mass is 349 g/mol. The summed E-state index contributed by atoms with van der Waals surface area (Å²) in [4.78, 5) is 21.1. The number of nitrogens with zero attached hydrogens (tertiary/aromatic N) is 4. The first-order valence-electron chi connectivity index (χ1n) is 8.65. The SMILES string of the molecule is N#Cc1ccc(Oc2ccc(NC(=O)N3CCN4CCC3C4)cn2)cc1. The predicted octanol–water partition coefficient (Wildman–Crippen LogP) is 2.67. The molecule has 2 aliphatic heterocycles. The van der Waals surface area contributed by atoms with Gasteiger partial charge in [-0.1, -0.05) is 0 Å². The average molecular weight is 349 g/mol. The van der Waals surface area contributed by atoms with Crippen LogP contribution >= 0.6 is 0 Å². The van der Waals surface area contributed by atoms with Crippen molar-refractivity contribution in [2.24, 2.45) is 0 Å². The van der Waals surface area contributed by atoms with Gasteiger partial charge in [0.05, 0.1) is 23.5 Å². The van der Waals surface area contributed by atoms with Crippen LogP contribution in [0.1, 0.15) is 12.0 Å². The van der Waals surface area contributed by atoms with Gasteiger partial charge in [-0.25, -0.2) is 9.78 Å². The van der Waals surface area contributed by atoms with Crippen LogP contribution in [0.4, 0.5) is 10.5 Å². The van der Waals surface area contributed by atoms with E-state index in [2.05, 4.69) is 21.3 Å². The molecule has 2 amide bonds. The number of fused-ring (bicyclic) bond motifs is 2. The Morgan fingerprint density at radius 3 is 2.77 bits per heavy atom. The zero-order valence-corrected chi connectivity index (χ0v) is 14.3. The fraction of sp³-hybridized carbons (Fsp3) is 0.316. The van der Waals surface area contributed by atoms with Gasteiger partial charge in [0.25, 0.3) is 0 Å². The molecule has 2 bridgehead atoms. The van der Waals surface area contributed by atoms with Crippen molar-refractivity contribution < 1.29 is 9.53 Å². The van der Waals surface area contributed by atoms with E-state index in [1.165, 1.54) is 0 Å². The number of pyridine rings is 1. The highest BCUT2D eigenvalue weighted by Gasteiger charge is 2.35. The number of ether oxygens (including phenoxy) is 1. The van der Waals surface area contributed by atoms with E-state index in [9.17, 15) is 4.79 Å². The highest BCUT2D eigenvalue weighted by molar-refractivity contribution is 5.89. The number of carbonyl (C=O) groups is 1. The second-order valence-corrected chi connectivity index (χ2v) is 6.49. The molecule has 0 spiro atoms. The second kappa shape index (κ2) is 7.02. The van der Waals surface area contributed by atoms with Crippen LogP contribution in [-0.4, -0.2) is 53.0 Å². The van der Waals surface area contributed by atoms with Gasteiger partial charge in [0.1, 0.15) is 5.75 Å². The number of piperazine rings is 1. The van der Waals surface area contributed by atoms with Gasteiger partial charge in [-0.2, -0.15) is 5.26 Å². The second-order valence-electron chi connectivity index (χ2n) is 6.49.